The molecule has 0 saturated heterocycles. The summed E-state index contributed by atoms with van der Waals surface area (Å²) in [5.41, 5.74) is 3.91. The van der Waals surface area contributed by atoms with Gasteiger partial charge < -0.3 is 10.5 Å². The van der Waals surface area contributed by atoms with Crippen molar-refractivity contribution in [2.24, 2.45) is 0 Å². The Labute approximate surface area is 72.3 Å². The predicted octanol–water partition coefficient (Wildman–Crippen LogP) is 1.75. The van der Waals surface area contributed by atoms with E-state index < -0.39 is 17.9 Å². The fourth-order valence-electron chi connectivity index (χ4n) is 0.840. The zero-order valence-corrected chi connectivity index (χ0v) is 6.72. The third-order valence-corrected chi connectivity index (χ3v) is 1.45. The van der Waals surface area contributed by atoms with Crippen molar-refractivity contribution >= 4 is 5.69 Å². The highest BCUT2D eigenvalue weighted by molar-refractivity contribution is 5.49. The molecule has 6 heteroatoms. The third-order valence-electron chi connectivity index (χ3n) is 1.45. The Morgan fingerprint density at radius 2 is 2.15 bits per heavy atom. The molecular formula is C7H7F3N2O. The minimum Gasteiger partial charge on any atom is -0.481 e. The smallest absolute Gasteiger partial charge is 0.270 e. The fraction of sp³-hybridized carbons (Fsp3) is 0.286. The van der Waals surface area contributed by atoms with E-state index >= 15 is 0 Å². The summed E-state index contributed by atoms with van der Waals surface area (Å²) < 4.78 is 41.6. The van der Waals surface area contributed by atoms with E-state index in [1.165, 1.54) is 7.11 Å². The van der Waals surface area contributed by atoms with Crippen LogP contribution in [-0.4, -0.2) is 12.1 Å². The second-order valence-electron chi connectivity index (χ2n) is 2.26. The van der Waals surface area contributed by atoms with Crippen molar-refractivity contribution in [3.63, 3.8) is 0 Å². The van der Waals surface area contributed by atoms with Crippen LogP contribution in [0.2, 0.25) is 0 Å². The van der Waals surface area contributed by atoms with Gasteiger partial charge in [-0.1, -0.05) is 0 Å². The lowest BCUT2D eigenvalue weighted by molar-refractivity contribution is 0.145. The summed E-state index contributed by atoms with van der Waals surface area (Å²) in [7, 11) is 1.24. The molecule has 0 aliphatic carbocycles. The van der Waals surface area contributed by atoms with Gasteiger partial charge in [-0.2, -0.15) is 9.37 Å². The molecule has 0 fully saturated rings. The molecule has 0 bridgehead atoms. The van der Waals surface area contributed by atoms with Crippen molar-refractivity contribution in [3.8, 4) is 5.88 Å². The summed E-state index contributed by atoms with van der Waals surface area (Å²) in [5.74, 6) is -1.42. The minimum absolute atomic E-state index is 0.126. The molecule has 1 rings (SSSR count). The van der Waals surface area contributed by atoms with E-state index in [-0.39, 0.29) is 11.6 Å². The minimum atomic E-state index is -2.97. The lowest BCUT2D eigenvalue weighted by atomic mass is 10.2. The van der Waals surface area contributed by atoms with Crippen molar-refractivity contribution < 1.29 is 17.9 Å². The van der Waals surface area contributed by atoms with Crippen LogP contribution < -0.4 is 10.5 Å². The number of rotatable bonds is 2. The lowest BCUT2D eigenvalue weighted by Crippen LogP contribution is -2.03. The predicted molar refractivity (Wildman–Crippen MR) is 40.1 cm³/mol. The van der Waals surface area contributed by atoms with E-state index in [1.807, 2.05) is 0 Å². The average Bonchev–Trinajstić information content (AvgIpc) is 2.02. The molecule has 0 aliphatic rings. The number of nitrogens with zero attached hydrogens (tertiary/aromatic N) is 1. The van der Waals surface area contributed by atoms with Gasteiger partial charge in [0.25, 0.3) is 6.43 Å². The third kappa shape index (κ3) is 1.82. The number of hydrogen-bond donors (Lipinski definition) is 1. The first-order chi connectivity index (χ1) is 6.06. The molecular weight excluding hydrogens is 185 g/mol. The number of aromatic nitrogens is 1. The highest BCUT2D eigenvalue weighted by Crippen LogP contribution is 2.28. The number of nitrogens with two attached hydrogens (primary N) is 1. The molecule has 2 N–H and O–H groups in total. The van der Waals surface area contributed by atoms with Crippen LogP contribution in [0.4, 0.5) is 18.9 Å². The quantitative estimate of drug-likeness (QED) is 0.726. The molecule has 72 valence electrons. The topological polar surface area (TPSA) is 48.1 Å². The fourth-order valence-corrected chi connectivity index (χ4v) is 0.840. The molecule has 13 heavy (non-hydrogen) atoms. The summed E-state index contributed by atoms with van der Waals surface area (Å²) in [6.45, 7) is 0. The van der Waals surface area contributed by atoms with Gasteiger partial charge in [-0.3, -0.25) is 0 Å². The molecule has 0 atom stereocenters. The van der Waals surface area contributed by atoms with Crippen LogP contribution in [0.5, 0.6) is 5.88 Å². The molecule has 0 amide bonds. The maximum absolute atomic E-state index is 12.8. The molecule has 3 nitrogen and oxygen atoms in total. The Morgan fingerprint density at radius 3 is 2.54 bits per heavy atom. The second kappa shape index (κ2) is 3.51. The van der Waals surface area contributed by atoms with Crippen molar-refractivity contribution in [2.75, 3.05) is 12.8 Å². The summed E-state index contributed by atoms with van der Waals surface area (Å²) >= 11 is 0. The Morgan fingerprint density at radius 1 is 1.54 bits per heavy atom. The number of nitrogen functional groups attached to an aromatic ring is 1. The summed E-state index contributed by atoms with van der Waals surface area (Å²) in [6, 6.07) is 1.05. The molecule has 1 heterocycles. The van der Waals surface area contributed by atoms with Gasteiger partial charge in [0.2, 0.25) is 11.8 Å². The van der Waals surface area contributed by atoms with Crippen LogP contribution in [0, 0.1) is 5.95 Å². The van der Waals surface area contributed by atoms with E-state index in [0.29, 0.717) is 0 Å². The van der Waals surface area contributed by atoms with Crippen molar-refractivity contribution in [2.45, 2.75) is 6.43 Å². The first-order valence-corrected chi connectivity index (χ1v) is 3.34. The number of ether oxygens (including phenoxy) is 1. The molecule has 0 spiro atoms. The van der Waals surface area contributed by atoms with Crippen molar-refractivity contribution in [1.82, 2.24) is 4.98 Å². The van der Waals surface area contributed by atoms with E-state index in [4.69, 9.17) is 5.73 Å². The normalized spacial score (nSPS) is 10.5. The first-order valence-electron chi connectivity index (χ1n) is 3.34. The van der Waals surface area contributed by atoms with Gasteiger partial charge in [0.15, 0.2) is 0 Å². The van der Waals surface area contributed by atoms with Crippen molar-refractivity contribution in [3.05, 3.63) is 17.6 Å². The standard InChI is InChI=1S/C7H7F3N2O/c1-13-4-2-3(11)5(6(8)9)7(10)12-4/h2,6H,1H3,(H2,11,12). The van der Waals surface area contributed by atoms with Gasteiger partial charge in [-0.15, -0.1) is 0 Å². The number of methoxy groups -OCH3 is 1. The first kappa shape index (κ1) is 9.63. The number of halogens is 3. The summed E-state index contributed by atoms with van der Waals surface area (Å²) in [5, 5.41) is 0. The van der Waals surface area contributed by atoms with Crippen LogP contribution >= 0.6 is 0 Å². The highest BCUT2D eigenvalue weighted by atomic mass is 19.3. The molecule has 0 aromatic carbocycles. The zero-order valence-electron chi connectivity index (χ0n) is 6.72. The maximum atomic E-state index is 12.8. The van der Waals surface area contributed by atoms with Gasteiger partial charge in [-0.05, 0) is 0 Å². The number of hydrogen-bond acceptors (Lipinski definition) is 3. The van der Waals surface area contributed by atoms with E-state index in [9.17, 15) is 13.2 Å². The van der Waals surface area contributed by atoms with Crippen LogP contribution in [0.1, 0.15) is 12.0 Å². The Bertz CT molecular complexity index is 294. The van der Waals surface area contributed by atoms with E-state index in [2.05, 4.69) is 9.72 Å². The summed E-state index contributed by atoms with van der Waals surface area (Å²) in [6.07, 6.45) is -2.97. The Hall–Kier alpha value is -1.46. The molecule has 1 aromatic rings. The van der Waals surface area contributed by atoms with Gasteiger partial charge >= 0.3 is 0 Å². The Balaban J connectivity index is 3.23. The molecule has 0 saturated carbocycles. The summed E-state index contributed by atoms with van der Waals surface area (Å²) in [4.78, 5) is 3.12. The second-order valence-corrected chi connectivity index (χ2v) is 2.26. The van der Waals surface area contributed by atoms with Crippen LogP contribution in [0.15, 0.2) is 6.07 Å². The molecule has 0 aliphatic heterocycles. The van der Waals surface area contributed by atoms with E-state index in [1.54, 1.807) is 0 Å². The molecule has 0 radical (unpaired) electrons. The van der Waals surface area contributed by atoms with Crippen LogP contribution in [-0.2, 0) is 0 Å². The van der Waals surface area contributed by atoms with Crippen LogP contribution in [0.3, 0.4) is 0 Å². The van der Waals surface area contributed by atoms with Crippen molar-refractivity contribution in [1.29, 1.82) is 0 Å². The Kier molecular flexibility index (Phi) is 2.60. The SMILES string of the molecule is COc1cc(N)c(C(F)F)c(F)n1. The number of alkyl halides is 2. The average molecular weight is 192 g/mol. The maximum Gasteiger partial charge on any atom is 0.270 e. The zero-order chi connectivity index (χ0) is 10.0. The number of pyridine rings is 1. The number of anilines is 1. The molecule has 1 aromatic heterocycles. The van der Waals surface area contributed by atoms with Crippen LogP contribution in [0.25, 0.3) is 0 Å². The van der Waals surface area contributed by atoms with Gasteiger partial charge in [0.05, 0.1) is 18.4 Å². The largest absolute Gasteiger partial charge is 0.481 e. The van der Waals surface area contributed by atoms with E-state index in [0.717, 1.165) is 6.07 Å². The van der Waals surface area contributed by atoms with Gasteiger partial charge in [0.1, 0.15) is 0 Å². The highest BCUT2D eigenvalue weighted by Gasteiger charge is 2.19. The monoisotopic (exact) mass is 192 g/mol. The van der Waals surface area contributed by atoms with Gasteiger partial charge in [0, 0.05) is 6.07 Å². The molecule has 0 unspecified atom stereocenters. The van der Waals surface area contributed by atoms with Gasteiger partial charge in [-0.25, -0.2) is 8.78 Å². The lowest BCUT2D eigenvalue weighted by Gasteiger charge is -2.06.